The van der Waals surface area contributed by atoms with Gasteiger partial charge in [-0.1, -0.05) is 0 Å². The number of likely N-dealkylation sites (tertiary alicyclic amines) is 1. The van der Waals surface area contributed by atoms with Crippen LogP contribution in [0.4, 0.5) is 5.69 Å². The molecule has 21 heavy (non-hydrogen) atoms. The Kier molecular flexibility index (Phi) is 4.12. The van der Waals surface area contributed by atoms with Crippen LogP contribution < -0.4 is 5.32 Å². The number of non-ortho nitro benzene ring substituents is 1. The molecule has 2 atom stereocenters. The zero-order valence-corrected chi connectivity index (χ0v) is 12.3. The molecule has 0 aliphatic carbocycles. The molecule has 0 aromatic heterocycles. The zero-order chi connectivity index (χ0) is 14.8. The molecule has 0 unspecified atom stereocenters. The third-order valence-electron chi connectivity index (χ3n) is 4.15. The van der Waals surface area contributed by atoms with Crippen molar-refractivity contribution >= 4 is 23.4 Å². The molecule has 2 aliphatic rings. The van der Waals surface area contributed by atoms with Crippen LogP contribution in [0.5, 0.6) is 0 Å². The second kappa shape index (κ2) is 6.03. The van der Waals surface area contributed by atoms with Gasteiger partial charge in [-0.2, -0.15) is 0 Å². The number of nitrogens with zero attached hydrogens (tertiary/aromatic N) is 2. The van der Waals surface area contributed by atoms with E-state index in [9.17, 15) is 14.9 Å². The number of thioether (sulfide) groups is 1. The maximum atomic E-state index is 12.2. The minimum atomic E-state index is -0.420. The van der Waals surface area contributed by atoms with E-state index in [1.807, 2.05) is 4.90 Å². The van der Waals surface area contributed by atoms with E-state index in [0.29, 0.717) is 17.6 Å². The van der Waals surface area contributed by atoms with Crippen LogP contribution in [0.15, 0.2) is 29.2 Å². The van der Waals surface area contributed by atoms with Gasteiger partial charge in [-0.25, -0.2) is 0 Å². The molecule has 6 nitrogen and oxygen atoms in total. The summed E-state index contributed by atoms with van der Waals surface area (Å²) in [7, 11) is 0. The zero-order valence-electron chi connectivity index (χ0n) is 11.5. The fourth-order valence-electron chi connectivity index (χ4n) is 2.96. The monoisotopic (exact) mass is 307 g/mol. The van der Waals surface area contributed by atoms with Gasteiger partial charge >= 0.3 is 0 Å². The molecular formula is C14H17N3O3S. The molecule has 0 spiro atoms. The summed E-state index contributed by atoms with van der Waals surface area (Å²) in [6, 6.07) is 6.33. The lowest BCUT2D eigenvalue weighted by molar-refractivity contribution is -0.384. The van der Waals surface area contributed by atoms with Gasteiger partial charge in [0.2, 0.25) is 5.91 Å². The second-order valence-electron chi connectivity index (χ2n) is 5.52. The van der Waals surface area contributed by atoms with Crippen LogP contribution >= 0.6 is 11.8 Å². The normalized spacial score (nSPS) is 24.1. The average Bonchev–Trinajstić information content (AvgIpc) is 3.06. The van der Waals surface area contributed by atoms with Gasteiger partial charge in [0, 0.05) is 43.2 Å². The minimum absolute atomic E-state index is 0.0746. The predicted molar refractivity (Wildman–Crippen MR) is 80.3 cm³/mol. The minimum Gasteiger partial charge on any atom is -0.341 e. The molecule has 7 heteroatoms. The van der Waals surface area contributed by atoms with Crippen molar-refractivity contribution in [2.75, 3.05) is 31.9 Å². The maximum Gasteiger partial charge on any atom is 0.269 e. The van der Waals surface area contributed by atoms with Crippen LogP contribution in [0, 0.1) is 22.0 Å². The molecular weight excluding hydrogens is 290 g/mol. The number of benzene rings is 1. The SMILES string of the molecule is O=C(CSc1ccc([N+](=O)[O-])cc1)N1C[C@H]2CNC[C@H]2C1. The van der Waals surface area contributed by atoms with E-state index in [1.54, 1.807) is 12.1 Å². The average molecular weight is 307 g/mol. The first-order valence-electron chi connectivity index (χ1n) is 6.99. The van der Waals surface area contributed by atoms with Gasteiger partial charge in [-0.05, 0) is 24.0 Å². The van der Waals surface area contributed by atoms with Crippen LogP contribution in [-0.2, 0) is 4.79 Å². The van der Waals surface area contributed by atoms with Crippen molar-refractivity contribution in [1.82, 2.24) is 10.2 Å². The summed E-state index contributed by atoms with van der Waals surface area (Å²) >= 11 is 1.43. The van der Waals surface area contributed by atoms with Crippen molar-refractivity contribution in [2.45, 2.75) is 4.90 Å². The Morgan fingerprint density at radius 3 is 2.48 bits per heavy atom. The highest BCUT2D eigenvalue weighted by molar-refractivity contribution is 8.00. The molecule has 0 saturated carbocycles. The highest BCUT2D eigenvalue weighted by Gasteiger charge is 2.37. The Bertz CT molecular complexity index is 537. The largest absolute Gasteiger partial charge is 0.341 e. The molecule has 2 saturated heterocycles. The Morgan fingerprint density at radius 1 is 1.29 bits per heavy atom. The molecule has 1 N–H and O–H groups in total. The van der Waals surface area contributed by atoms with Crippen molar-refractivity contribution in [3.8, 4) is 0 Å². The smallest absolute Gasteiger partial charge is 0.269 e. The van der Waals surface area contributed by atoms with E-state index in [2.05, 4.69) is 5.32 Å². The van der Waals surface area contributed by atoms with E-state index >= 15 is 0 Å². The molecule has 2 fully saturated rings. The Labute approximate surface area is 127 Å². The van der Waals surface area contributed by atoms with E-state index in [-0.39, 0.29) is 11.6 Å². The van der Waals surface area contributed by atoms with Crippen LogP contribution in [0.25, 0.3) is 0 Å². The van der Waals surface area contributed by atoms with Crippen LogP contribution in [0.1, 0.15) is 0 Å². The Balaban J connectivity index is 1.50. The fraction of sp³-hybridized carbons (Fsp3) is 0.500. The highest BCUT2D eigenvalue weighted by atomic mass is 32.2. The number of carbonyl (C=O) groups excluding carboxylic acids is 1. The number of hydrogen-bond donors (Lipinski definition) is 1. The summed E-state index contributed by atoms with van der Waals surface area (Å²) in [5.74, 6) is 1.77. The van der Waals surface area contributed by atoms with Crippen LogP contribution in [0.3, 0.4) is 0 Å². The molecule has 0 radical (unpaired) electrons. The lowest BCUT2D eigenvalue weighted by atomic mass is 10.0. The number of fused-ring (bicyclic) bond motifs is 1. The second-order valence-corrected chi connectivity index (χ2v) is 6.57. The van der Waals surface area contributed by atoms with Crippen molar-refractivity contribution in [3.05, 3.63) is 34.4 Å². The first-order valence-corrected chi connectivity index (χ1v) is 7.98. The summed E-state index contributed by atoms with van der Waals surface area (Å²) in [5, 5.41) is 13.9. The third-order valence-corrected chi connectivity index (χ3v) is 5.15. The molecule has 112 valence electrons. The number of amides is 1. The van der Waals surface area contributed by atoms with E-state index in [4.69, 9.17) is 0 Å². The molecule has 0 bridgehead atoms. The Hall–Kier alpha value is -1.60. The first-order chi connectivity index (χ1) is 10.1. The highest BCUT2D eigenvalue weighted by Crippen LogP contribution is 2.28. The Morgan fingerprint density at radius 2 is 1.90 bits per heavy atom. The number of nitro groups is 1. The van der Waals surface area contributed by atoms with Crippen molar-refractivity contribution in [2.24, 2.45) is 11.8 Å². The molecule has 1 aromatic carbocycles. The summed E-state index contributed by atoms with van der Waals surface area (Å²) in [5.41, 5.74) is 0.0746. The number of nitro benzene ring substituents is 1. The summed E-state index contributed by atoms with van der Waals surface area (Å²) in [6.45, 7) is 3.75. The summed E-state index contributed by atoms with van der Waals surface area (Å²) in [6.07, 6.45) is 0. The van der Waals surface area contributed by atoms with Crippen molar-refractivity contribution < 1.29 is 9.72 Å². The molecule has 1 aromatic rings. The number of carbonyl (C=O) groups is 1. The molecule has 2 heterocycles. The number of nitrogens with one attached hydrogen (secondary N) is 1. The predicted octanol–water partition coefficient (Wildman–Crippen LogP) is 1.36. The third kappa shape index (κ3) is 3.19. The number of hydrogen-bond acceptors (Lipinski definition) is 5. The lowest BCUT2D eigenvalue weighted by Gasteiger charge is -2.17. The van der Waals surface area contributed by atoms with Gasteiger partial charge < -0.3 is 10.2 Å². The van der Waals surface area contributed by atoms with Crippen LogP contribution in [0.2, 0.25) is 0 Å². The maximum absolute atomic E-state index is 12.2. The van der Waals surface area contributed by atoms with Gasteiger partial charge in [0.15, 0.2) is 0 Å². The molecule has 3 rings (SSSR count). The topological polar surface area (TPSA) is 75.5 Å². The lowest BCUT2D eigenvalue weighted by Crippen LogP contribution is -2.33. The van der Waals surface area contributed by atoms with Crippen LogP contribution in [-0.4, -0.2) is 47.7 Å². The molecule has 2 aliphatic heterocycles. The van der Waals surface area contributed by atoms with Gasteiger partial charge in [-0.15, -0.1) is 11.8 Å². The molecule has 1 amide bonds. The van der Waals surface area contributed by atoms with E-state index in [0.717, 1.165) is 31.1 Å². The fourth-order valence-corrected chi connectivity index (χ4v) is 3.76. The van der Waals surface area contributed by atoms with E-state index in [1.165, 1.54) is 23.9 Å². The van der Waals surface area contributed by atoms with Gasteiger partial charge in [-0.3, -0.25) is 14.9 Å². The van der Waals surface area contributed by atoms with Crippen molar-refractivity contribution in [1.29, 1.82) is 0 Å². The van der Waals surface area contributed by atoms with Gasteiger partial charge in [0.05, 0.1) is 10.7 Å². The van der Waals surface area contributed by atoms with Gasteiger partial charge in [0.1, 0.15) is 0 Å². The van der Waals surface area contributed by atoms with E-state index < -0.39 is 4.92 Å². The standard InChI is InChI=1S/C14H17N3O3S/c18-14(16-7-10-5-15-6-11(10)8-16)9-21-13-3-1-12(2-4-13)17(19)20/h1-4,10-11,15H,5-9H2/t10-,11+. The van der Waals surface area contributed by atoms with Gasteiger partial charge in [0.25, 0.3) is 5.69 Å². The summed E-state index contributed by atoms with van der Waals surface area (Å²) in [4.78, 5) is 25.2. The first kappa shape index (κ1) is 14.3. The summed E-state index contributed by atoms with van der Waals surface area (Å²) < 4.78 is 0. The van der Waals surface area contributed by atoms with Crippen molar-refractivity contribution in [3.63, 3.8) is 0 Å². The number of rotatable bonds is 4. The quantitative estimate of drug-likeness (QED) is 0.516.